The van der Waals surface area contributed by atoms with Crippen LogP contribution < -0.4 is 5.32 Å². The number of rotatable bonds is 3. The van der Waals surface area contributed by atoms with Crippen molar-refractivity contribution in [1.29, 1.82) is 0 Å². The first-order chi connectivity index (χ1) is 12.9. The van der Waals surface area contributed by atoms with Gasteiger partial charge < -0.3 is 15.1 Å². The number of nitrogens with zero attached hydrogens (tertiary/aromatic N) is 3. The van der Waals surface area contributed by atoms with E-state index < -0.39 is 4.92 Å². The molecular weight excluding hydrogens is 348 g/mol. The molecule has 0 aromatic heterocycles. The predicted molar refractivity (Wildman–Crippen MR) is 101 cm³/mol. The number of anilines is 1. The van der Waals surface area contributed by atoms with Crippen molar-refractivity contribution in [3.05, 3.63) is 69.8 Å². The Bertz CT molecular complexity index is 876. The second-order valence-corrected chi connectivity index (χ2v) is 6.39. The molecule has 8 heteroatoms. The third kappa shape index (κ3) is 4.41. The number of carbonyl (C=O) groups is 2. The lowest BCUT2D eigenvalue weighted by Crippen LogP contribution is -2.51. The van der Waals surface area contributed by atoms with Crippen molar-refractivity contribution >= 4 is 23.3 Å². The van der Waals surface area contributed by atoms with Gasteiger partial charge in [0.05, 0.1) is 4.92 Å². The SMILES string of the molecule is Cc1cccc(NC(=O)N2CCN(C(=O)c3cccc([N+](=O)[O-])c3)CC2)c1. The Kier molecular flexibility index (Phi) is 5.35. The molecule has 27 heavy (non-hydrogen) atoms. The zero-order valence-electron chi connectivity index (χ0n) is 14.9. The highest BCUT2D eigenvalue weighted by molar-refractivity contribution is 5.95. The zero-order chi connectivity index (χ0) is 19.4. The molecule has 1 heterocycles. The van der Waals surface area contributed by atoms with E-state index in [1.165, 1.54) is 18.2 Å². The molecule has 0 aliphatic carbocycles. The first kappa shape index (κ1) is 18.4. The van der Waals surface area contributed by atoms with Gasteiger partial charge in [-0.25, -0.2) is 4.79 Å². The van der Waals surface area contributed by atoms with Gasteiger partial charge in [0, 0.05) is 49.6 Å². The summed E-state index contributed by atoms with van der Waals surface area (Å²) in [6, 6.07) is 13.0. The lowest BCUT2D eigenvalue weighted by Gasteiger charge is -2.34. The van der Waals surface area contributed by atoms with Gasteiger partial charge in [-0.2, -0.15) is 0 Å². The van der Waals surface area contributed by atoms with Crippen LogP contribution in [0.25, 0.3) is 0 Å². The molecule has 3 amide bonds. The molecule has 0 spiro atoms. The van der Waals surface area contributed by atoms with E-state index in [0.29, 0.717) is 26.2 Å². The normalized spacial score (nSPS) is 14.0. The first-order valence-electron chi connectivity index (χ1n) is 8.60. The number of carbonyl (C=O) groups excluding carboxylic acids is 2. The molecular formula is C19H20N4O4. The number of nitro benzene ring substituents is 1. The third-order valence-corrected chi connectivity index (χ3v) is 4.43. The molecule has 1 N–H and O–H groups in total. The van der Waals surface area contributed by atoms with Crippen LogP contribution in [0.5, 0.6) is 0 Å². The van der Waals surface area contributed by atoms with Crippen LogP contribution in [0.2, 0.25) is 0 Å². The van der Waals surface area contributed by atoms with Crippen LogP contribution in [-0.4, -0.2) is 52.8 Å². The second-order valence-electron chi connectivity index (χ2n) is 6.39. The minimum absolute atomic E-state index is 0.114. The Morgan fingerprint density at radius 1 is 1.00 bits per heavy atom. The van der Waals surface area contributed by atoms with E-state index in [1.54, 1.807) is 15.9 Å². The first-order valence-corrected chi connectivity index (χ1v) is 8.60. The number of hydrogen-bond donors (Lipinski definition) is 1. The summed E-state index contributed by atoms with van der Waals surface area (Å²) in [4.78, 5) is 38.6. The molecule has 0 radical (unpaired) electrons. The fourth-order valence-corrected chi connectivity index (χ4v) is 2.97. The van der Waals surface area contributed by atoms with Crippen LogP contribution in [0.15, 0.2) is 48.5 Å². The predicted octanol–water partition coefficient (Wildman–Crippen LogP) is 2.89. The number of aryl methyl sites for hydroxylation is 1. The highest BCUT2D eigenvalue weighted by Gasteiger charge is 2.25. The van der Waals surface area contributed by atoms with Crippen molar-refractivity contribution in [3.8, 4) is 0 Å². The van der Waals surface area contributed by atoms with E-state index in [1.807, 2.05) is 31.2 Å². The number of hydrogen-bond acceptors (Lipinski definition) is 4. The van der Waals surface area contributed by atoms with Gasteiger partial charge in [-0.1, -0.05) is 18.2 Å². The van der Waals surface area contributed by atoms with Crippen molar-refractivity contribution < 1.29 is 14.5 Å². The molecule has 1 saturated heterocycles. The number of nitrogens with one attached hydrogen (secondary N) is 1. The summed E-state index contributed by atoms with van der Waals surface area (Å²) in [5.41, 5.74) is 1.95. The summed E-state index contributed by atoms with van der Waals surface area (Å²) in [6.07, 6.45) is 0. The smallest absolute Gasteiger partial charge is 0.321 e. The second kappa shape index (κ2) is 7.86. The lowest BCUT2D eigenvalue weighted by atomic mass is 10.1. The number of non-ortho nitro benzene ring substituents is 1. The van der Waals surface area contributed by atoms with E-state index in [9.17, 15) is 19.7 Å². The van der Waals surface area contributed by atoms with Gasteiger partial charge >= 0.3 is 6.03 Å². The maximum Gasteiger partial charge on any atom is 0.321 e. The van der Waals surface area contributed by atoms with Crippen LogP contribution in [0.1, 0.15) is 15.9 Å². The minimum Gasteiger partial charge on any atom is -0.335 e. The highest BCUT2D eigenvalue weighted by atomic mass is 16.6. The van der Waals surface area contributed by atoms with Crippen LogP contribution in [0.4, 0.5) is 16.2 Å². The largest absolute Gasteiger partial charge is 0.335 e. The lowest BCUT2D eigenvalue weighted by molar-refractivity contribution is -0.384. The molecule has 0 unspecified atom stereocenters. The third-order valence-electron chi connectivity index (χ3n) is 4.43. The molecule has 140 valence electrons. The summed E-state index contributed by atoms with van der Waals surface area (Å²) >= 11 is 0. The van der Waals surface area contributed by atoms with Crippen LogP contribution in [-0.2, 0) is 0 Å². The number of amides is 3. The van der Waals surface area contributed by atoms with E-state index in [2.05, 4.69) is 5.32 Å². The van der Waals surface area contributed by atoms with E-state index in [0.717, 1.165) is 11.3 Å². The maximum atomic E-state index is 12.6. The Morgan fingerprint density at radius 3 is 2.33 bits per heavy atom. The van der Waals surface area contributed by atoms with Gasteiger partial charge in [0.1, 0.15) is 0 Å². The van der Waals surface area contributed by atoms with E-state index in [-0.39, 0.29) is 23.2 Å². The standard InChI is InChI=1S/C19H20N4O4/c1-14-4-2-6-16(12-14)20-19(25)22-10-8-21(9-11-22)18(24)15-5-3-7-17(13-15)23(26)27/h2-7,12-13H,8-11H2,1H3,(H,20,25). The van der Waals surface area contributed by atoms with Crippen molar-refractivity contribution in [1.82, 2.24) is 9.80 Å². The summed E-state index contributed by atoms with van der Waals surface area (Å²) < 4.78 is 0. The molecule has 0 saturated carbocycles. The summed E-state index contributed by atoms with van der Waals surface area (Å²) in [5.74, 6) is -0.266. The van der Waals surface area contributed by atoms with Gasteiger partial charge in [-0.05, 0) is 30.7 Å². The summed E-state index contributed by atoms with van der Waals surface area (Å²) in [7, 11) is 0. The topological polar surface area (TPSA) is 95.8 Å². The van der Waals surface area contributed by atoms with Crippen LogP contribution in [0, 0.1) is 17.0 Å². The fourth-order valence-electron chi connectivity index (χ4n) is 2.97. The molecule has 0 atom stereocenters. The Hall–Kier alpha value is -3.42. The fraction of sp³-hybridized carbons (Fsp3) is 0.263. The Balaban J connectivity index is 1.58. The summed E-state index contributed by atoms with van der Waals surface area (Å²) in [6.45, 7) is 3.51. The van der Waals surface area contributed by atoms with Crippen molar-refractivity contribution in [2.75, 3.05) is 31.5 Å². The average Bonchev–Trinajstić information content (AvgIpc) is 2.67. The molecule has 0 bridgehead atoms. The zero-order valence-corrected chi connectivity index (χ0v) is 14.9. The average molecular weight is 368 g/mol. The summed E-state index contributed by atoms with van der Waals surface area (Å²) in [5, 5.41) is 13.7. The van der Waals surface area contributed by atoms with E-state index in [4.69, 9.17) is 0 Å². The van der Waals surface area contributed by atoms with Gasteiger partial charge in [0.2, 0.25) is 0 Å². The molecule has 1 fully saturated rings. The number of urea groups is 1. The highest BCUT2D eigenvalue weighted by Crippen LogP contribution is 2.16. The van der Waals surface area contributed by atoms with Gasteiger partial charge in [0.15, 0.2) is 0 Å². The quantitative estimate of drug-likeness (QED) is 0.665. The Morgan fingerprint density at radius 2 is 1.67 bits per heavy atom. The molecule has 3 rings (SSSR count). The molecule has 8 nitrogen and oxygen atoms in total. The van der Waals surface area contributed by atoms with Crippen LogP contribution in [0.3, 0.4) is 0 Å². The van der Waals surface area contributed by atoms with Gasteiger partial charge in [-0.3, -0.25) is 14.9 Å². The molecule has 1 aliphatic heterocycles. The van der Waals surface area contributed by atoms with Gasteiger partial charge in [-0.15, -0.1) is 0 Å². The number of piperazine rings is 1. The monoisotopic (exact) mass is 368 g/mol. The minimum atomic E-state index is -0.523. The number of benzene rings is 2. The van der Waals surface area contributed by atoms with Crippen molar-refractivity contribution in [2.24, 2.45) is 0 Å². The van der Waals surface area contributed by atoms with Crippen LogP contribution >= 0.6 is 0 Å². The van der Waals surface area contributed by atoms with E-state index >= 15 is 0 Å². The van der Waals surface area contributed by atoms with Crippen molar-refractivity contribution in [2.45, 2.75) is 6.92 Å². The maximum absolute atomic E-state index is 12.6. The molecule has 2 aromatic rings. The van der Waals surface area contributed by atoms with Crippen molar-refractivity contribution in [3.63, 3.8) is 0 Å². The molecule has 2 aromatic carbocycles. The number of nitro groups is 1. The van der Waals surface area contributed by atoms with Gasteiger partial charge in [0.25, 0.3) is 11.6 Å². The Labute approximate surface area is 156 Å². The molecule has 1 aliphatic rings.